The van der Waals surface area contributed by atoms with Gasteiger partial charge in [-0.1, -0.05) is 0 Å². The molecule has 70 valence electrons. The Morgan fingerprint density at radius 1 is 1.38 bits per heavy atom. The zero-order valence-corrected chi connectivity index (χ0v) is 6.76. The van der Waals surface area contributed by atoms with Gasteiger partial charge < -0.3 is 14.8 Å². The minimum Gasteiger partial charge on any atom is -0.365 e. The lowest BCUT2D eigenvalue weighted by atomic mass is 10.6. The molecule has 0 spiro atoms. The molecule has 7 nitrogen and oxygen atoms in total. The summed E-state index contributed by atoms with van der Waals surface area (Å²) in [5.41, 5.74) is 3.70. The Morgan fingerprint density at radius 3 is 2.69 bits per heavy atom. The summed E-state index contributed by atoms with van der Waals surface area (Å²) in [5, 5.41) is 3.18. The highest BCUT2D eigenvalue weighted by Gasteiger charge is 1.90. The molecule has 0 amide bonds. The molecule has 1 rings (SSSR count). The first-order chi connectivity index (χ1) is 6.09. The lowest BCUT2D eigenvalue weighted by molar-refractivity contribution is 0.263. The van der Waals surface area contributed by atoms with Gasteiger partial charge in [-0.25, -0.2) is 9.59 Å². The highest BCUT2D eigenvalue weighted by atomic mass is 16.5. The van der Waals surface area contributed by atoms with Crippen molar-refractivity contribution in [2.24, 2.45) is 7.05 Å². The molecule has 2 N–H and O–H groups in total. The first kappa shape index (κ1) is 9.04. The molecule has 7 heteroatoms. The summed E-state index contributed by atoms with van der Waals surface area (Å²) in [6.07, 6.45) is 0. The average Bonchev–Trinajstić information content (AvgIpc) is 2.13. The summed E-state index contributed by atoms with van der Waals surface area (Å²) in [5.74, 6) is -0.231. The first-order valence-corrected chi connectivity index (χ1v) is 3.28. The summed E-state index contributed by atoms with van der Waals surface area (Å²) >= 11 is 0. The zero-order valence-electron chi connectivity index (χ0n) is 6.76. The predicted octanol–water partition coefficient (Wildman–Crippen LogP) is -0.967. The highest BCUT2D eigenvalue weighted by molar-refractivity contribution is 5.06. The van der Waals surface area contributed by atoms with Crippen molar-refractivity contribution >= 4 is 5.95 Å². The van der Waals surface area contributed by atoms with Crippen LogP contribution < -0.4 is 17.0 Å². The van der Waals surface area contributed by atoms with Crippen molar-refractivity contribution in [1.82, 2.24) is 9.90 Å². The number of aryl methyl sites for hydroxylation is 1. The molecule has 0 aliphatic carbocycles. The van der Waals surface area contributed by atoms with Gasteiger partial charge in [0.1, 0.15) is 0 Å². The maximum atomic E-state index is 10.8. The van der Waals surface area contributed by atoms with Gasteiger partial charge in [0.15, 0.2) is 0 Å². The van der Waals surface area contributed by atoms with Gasteiger partial charge in [0, 0.05) is 19.2 Å². The molecule has 1 aromatic rings. The highest BCUT2D eigenvalue weighted by Crippen LogP contribution is 1.83. The van der Waals surface area contributed by atoms with Gasteiger partial charge in [-0.15, -0.1) is 0 Å². The van der Waals surface area contributed by atoms with E-state index in [2.05, 4.69) is 14.2 Å². The summed E-state index contributed by atoms with van der Waals surface area (Å²) < 4.78 is 9.69. The number of hydrogen-bond donors (Lipinski definition) is 1. The lowest BCUT2D eigenvalue weighted by Gasteiger charge is -1.91. The van der Waals surface area contributed by atoms with Gasteiger partial charge in [0.05, 0.1) is 0 Å². The zero-order chi connectivity index (χ0) is 9.84. The summed E-state index contributed by atoms with van der Waals surface area (Å²) in [4.78, 5) is 21.5. The van der Waals surface area contributed by atoms with Crippen molar-refractivity contribution in [3.63, 3.8) is 0 Å². The quantitative estimate of drug-likeness (QED) is 0.557. The van der Waals surface area contributed by atoms with Gasteiger partial charge in [0.2, 0.25) is 0 Å². The molecule has 0 bridgehead atoms. The van der Waals surface area contributed by atoms with Gasteiger partial charge >= 0.3 is 11.3 Å². The van der Waals surface area contributed by atoms with E-state index in [1.54, 1.807) is 0 Å². The third-order valence-electron chi connectivity index (χ3n) is 1.13. The number of rotatable bonds is 0. The lowest BCUT2D eigenvalue weighted by Crippen LogP contribution is -2.05. The van der Waals surface area contributed by atoms with E-state index in [0.717, 1.165) is 16.9 Å². The molecule has 0 fully saturated rings. The van der Waals surface area contributed by atoms with Crippen LogP contribution in [0.25, 0.3) is 0 Å². The third-order valence-corrected chi connectivity index (χ3v) is 1.13. The monoisotopic (exact) mass is 185 g/mol. The van der Waals surface area contributed by atoms with Gasteiger partial charge in [-0.2, -0.15) is 4.74 Å². The van der Waals surface area contributed by atoms with Crippen LogP contribution in [0.2, 0.25) is 0 Å². The molecule has 1 aromatic heterocycles. The van der Waals surface area contributed by atoms with Crippen molar-refractivity contribution in [1.29, 1.82) is 0 Å². The summed E-state index contributed by atoms with van der Waals surface area (Å²) in [7, 11) is 1.35. The maximum Gasteiger partial charge on any atom is 0.359 e. The normalized spacial score (nSPS) is 9.31. The minimum absolute atomic E-state index is 0.231. The summed E-state index contributed by atoms with van der Waals surface area (Å²) in [6, 6.07) is 1.80. The maximum absolute atomic E-state index is 10.8. The third kappa shape index (κ3) is 2.47. The van der Waals surface area contributed by atoms with Crippen molar-refractivity contribution < 1.29 is 9.05 Å². The fourth-order valence-electron chi connectivity index (χ4n) is 0.528. The van der Waals surface area contributed by atoms with Crippen LogP contribution in [0, 0.1) is 0 Å². The Bertz CT molecular complexity index is 454. The van der Waals surface area contributed by atoms with E-state index in [1.165, 1.54) is 7.05 Å². The average molecular weight is 185 g/mol. The fraction of sp³-hybridized carbons (Fsp3) is 0.167. The van der Waals surface area contributed by atoms with E-state index < -0.39 is 11.3 Å². The number of anilines is 1. The van der Waals surface area contributed by atoms with Crippen LogP contribution in [-0.4, -0.2) is 9.90 Å². The molecule has 0 saturated carbocycles. The Morgan fingerprint density at radius 2 is 2.00 bits per heavy atom. The van der Waals surface area contributed by atoms with E-state index in [1.807, 2.05) is 0 Å². The van der Waals surface area contributed by atoms with E-state index in [0.29, 0.717) is 0 Å². The molecule has 0 atom stereocenters. The van der Waals surface area contributed by atoms with E-state index in [4.69, 9.17) is 5.73 Å². The number of nitrogens with zero attached hydrogens (tertiary/aromatic N) is 2. The standard InChI is InChI=1S/C6H7N3O4/c1-9-6(7)8-12-4(10)2-3-5(11)13-9/h2-3H,1H3,(H2,7,8). The SMILES string of the molecule is Cn1oc(=O)ccc(=O)onc1N. The Labute approximate surface area is 71.7 Å². The molecular formula is C6H7N3O4. The first-order valence-electron chi connectivity index (χ1n) is 3.28. The molecule has 1 heterocycles. The van der Waals surface area contributed by atoms with Crippen molar-refractivity contribution in [3.05, 3.63) is 33.0 Å². The van der Waals surface area contributed by atoms with Crippen LogP contribution in [0.1, 0.15) is 0 Å². The topological polar surface area (TPSA) is 104 Å². The second-order valence-corrected chi connectivity index (χ2v) is 2.10. The number of hydrogen-bond acceptors (Lipinski definition) is 6. The Hall–Kier alpha value is -2.05. The van der Waals surface area contributed by atoms with Crippen LogP contribution in [0.5, 0.6) is 0 Å². The van der Waals surface area contributed by atoms with Crippen LogP contribution in [-0.2, 0) is 7.05 Å². The summed E-state index contributed by atoms with van der Waals surface area (Å²) in [6.45, 7) is 0. The van der Waals surface area contributed by atoms with Crippen molar-refractivity contribution in [3.8, 4) is 0 Å². The Balaban J connectivity index is 3.66. The molecule has 13 heavy (non-hydrogen) atoms. The van der Waals surface area contributed by atoms with Gasteiger partial charge in [0.25, 0.3) is 5.95 Å². The molecule has 0 aliphatic rings. The van der Waals surface area contributed by atoms with Gasteiger partial charge in [-0.3, -0.25) is 0 Å². The number of nitrogens with two attached hydrogens (primary N) is 1. The van der Waals surface area contributed by atoms with Crippen LogP contribution in [0.4, 0.5) is 5.95 Å². The molecule has 0 unspecified atom stereocenters. The van der Waals surface area contributed by atoms with Crippen LogP contribution in [0.3, 0.4) is 0 Å². The van der Waals surface area contributed by atoms with E-state index >= 15 is 0 Å². The predicted molar refractivity (Wildman–Crippen MR) is 42.3 cm³/mol. The van der Waals surface area contributed by atoms with E-state index in [-0.39, 0.29) is 5.95 Å². The molecule has 0 saturated heterocycles. The van der Waals surface area contributed by atoms with Crippen LogP contribution >= 0.6 is 0 Å². The second-order valence-electron chi connectivity index (χ2n) is 2.10. The molecule has 0 radical (unpaired) electrons. The van der Waals surface area contributed by atoms with Crippen molar-refractivity contribution in [2.75, 3.05) is 5.73 Å². The fourth-order valence-corrected chi connectivity index (χ4v) is 0.528. The molecular weight excluding hydrogens is 178 g/mol. The second kappa shape index (κ2) is 3.57. The largest absolute Gasteiger partial charge is 0.365 e. The van der Waals surface area contributed by atoms with Crippen LogP contribution in [0.15, 0.2) is 30.8 Å². The minimum atomic E-state index is -0.796. The molecule has 0 aliphatic heterocycles. The van der Waals surface area contributed by atoms with E-state index in [9.17, 15) is 9.59 Å². The van der Waals surface area contributed by atoms with Gasteiger partial charge in [-0.05, 0) is 5.16 Å². The smallest absolute Gasteiger partial charge is 0.359 e. The number of aromatic nitrogens is 2. The van der Waals surface area contributed by atoms with Crippen molar-refractivity contribution in [2.45, 2.75) is 0 Å². The molecule has 0 aromatic carbocycles. The number of nitrogen functional groups attached to an aromatic ring is 1. The Kier molecular flexibility index (Phi) is 2.48.